The molecule has 0 aromatic heterocycles. The summed E-state index contributed by atoms with van der Waals surface area (Å²) in [6.45, 7) is 1.75. The van der Waals surface area contributed by atoms with Gasteiger partial charge in [-0.3, -0.25) is 9.59 Å². The molecule has 0 fully saturated rings. The van der Waals surface area contributed by atoms with Gasteiger partial charge in [0.2, 0.25) is 0 Å². The first-order valence-corrected chi connectivity index (χ1v) is 6.83. The Labute approximate surface area is 118 Å². The maximum Gasteiger partial charge on any atom is 0.309 e. The van der Waals surface area contributed by atoms with Crippen molar-refractivity contribution in [1.29, 1.82) is 0 Å². The number of anilines is 1. The van der Waals surface area contributed by atoms with Gasteiger partial charge in [0.1, 0.15) is 0 Å². The van der Waals surface area contributed by atoms with Crippen molar-refractivity contribution < 1.29 is 14.3 Å². The monoisotopic (exact) mass is 273 g/mol. The topological polar surface area (TPSA) is 55.4 Å². The van der Waals surface area contributed by atoms with Gasteiger partial charge in [-0.2, -0.15) is 0 Å². The molecule has 1 aromatic carbocycles. The maximum absolute atomic E-state index is 11.8. The molecule has 0 aliphatic heterocycles. The van der Waals surface area contributed by atoms with Crippen LogP contribution in [0.3, 0.4) is 0 Å². The van der Waals surface area contributed by atoms with E-state index in [2.05, 4.69) is 11.4 Å². The first kappa shape index (κ1) is 14.3. The largest absolute Gasteiger partial charge is 0.455 e. The Morgan fingerprint density at radius 3 is 2.65 bits per heavy atom. The summed E-state index contributed by atoms with van der Waals surface area (Å²) in [4.78, 5) is 23.4. The summed E-state index contributed by atoms with van der Waals surface area (Å²) in [5.74, 6) is -0.700. The van der Waals surface area contributed by atoms with E-state index in [-0.39, 0.29) is 24.4 Å². The van der Waals surface area contributed by atoms with Gasteiger partial charge in [-0.1, -0.05) is 29.8 Å². The Morgan fingerprint density at radius 1 is 1.25 bits per heavy atom. The highest BCUT2D eigenvalue weighted by Crippen LogP contribution is 2.19. The molecule has 1 N–H and O–H groups in total. The van der Waals surface area contributed by atoms with Crippen LogP contribution < -0.4 is 5.32 Å². The van der Waals surface area contributed by atoms with Crippen LogP contribution in [0.15, 0.2) is 36.4 Å². The van der Waals surface area contributed by atoms with Gasteiger partial charge in [-0.05, 0) is 38.3 Å². The smallest absolute Gasteiger partial charge is 0.309 e. The predicted molar refractivity (Wildman–Crippen MR) is 77.2 cm³/mol. The third kappa shape index (κ3) is 4.23. The van der Waals surface area contributed by atoms with Crippen molar-refractivity contribution >= 4 is 17.6 Å². The van der Waals surface area contributed by atoms with Crippen LogP contribution in [-0.4, -0.2) is 18.5 Å². The molecule has 0 radical (unpaired) electrons. The van der Waals surface area contributed by atoms with Crippen LogP contribution in [0.5, 0.6) is 0 Å². The molecule has 0 saturated heterocycles. The van der Waals surface area contributed by atoms with Crippen LogP contribution in [0.2, 0.25) is 0 Å². The molecule has 1 amide bonds. The van der Waals surface area contributed by atoms with Crippen LogP contribution in [0.4, 0.5) is 5.69 Å². The van der Waals surface area contributed by atoms with Crippen LogP contribution in [-0.2, 0) is 14.3 Å². The molecule has 1 atom stereocenters. The normalized spacial score (nSPS) is 17.6. The van der Waals surface area contributed by atoms with Gasteiger partial charge in [0, 0.05) is 5.69 Å². The number of allylic oxidation sites excluding steroid dienone is 2. The highest BCUT2D eigenvalue weighted by Gasteiger charge is 2.20. The number of hydrogen-bond acceptors (Lipinski definition) is 3. The van der Waals surface area contributed by atoms with Crippen LogP contribution in [0.25, 0.3) is 0 Å². The van der Waals surface area contributed by atoms with E-state index in [1.807, 2.05) is 37.3 Å². The minimum Gasteiger partial charge on any atom is -0.455 e. The number of aryl methyl sites for hydroxylation is 1. The second-order valence-electron chi connectivity index (χ2n) is 5.00. The maximum atomic E-state index is 11.8. The van der Waals surface area contributed by atoms with Crippen molar-refractivity contribution in [2.24, 2.45) is 5.92 Å². The summed E-state index contributed by atoms with van der Waals surface area (Å²) in [7, 11) is 0. The molecule has 4 nitrogen and oxygen atoms in total. The van der Waals surface area contributed by atoms with E-state index in [1.165, 1.54) is 0 Å². The molecular formula is C16H19NO3. The Morgan fingerprint density at radius 2 is 2.00 bits per heavy atom. The number of benzene rings is 1. The molecular weight excluding hydrogens is 254 g/mol. The lowest BCUT2D eigenvalue weighted by Crippen LogP contribution is -2.25. The summed E-state index contributed by atoms with van der Waals surface area (Å²) in [5, 5.41) is 2.70. The molecule has 20 heavy (non-hydrogen) atoms. The van der Waals surface area contributed by atoms with Gasteiger partial charge in [0.15, 0.2) is 6.61 Å². The number of carbonyl (C=O) groups excluding carboxylic acids is 2. The molecule has 106 valence electrons. The van der Waals surface area contributed by atoms with Crippen molar-refractivity contribution in [2.75, 3.05) is 11.9 Å². The fourth-order valence-corrected chi connectivity index (χ4v) is 2.10. The molecule has 0 spiro atoms. The number of nitrogens with one attached hydrogen (secondary N) is 1. The summed E-state index contributed by atoms with van der Waals surface area (Å²) in [5.41, 5.74) is 1.83. The Balaban J connectivity index is 1.75. The van der Waals surface area contributed by atoms with Gasteiger partial charge >= 0.3 is 5.97 Å². The number of hydrogen-bond donors (Lipinski definition) is 1. The second kappa shape index (κ2) is 6.89. The number of carbonyl (C=O) groups is 2. The lowest BCUT2D eigenvalue weighted by molar-refractivity contribution is -0.151. The Hall–Kier alpha value is -2.10. The zero-order valence-electron chi connectivity index (χ0n) is 11.6. The van der Waals surface area contributed by atoms with Crippen molar-refractivity contribution in [3.05, 3.63) is 42.0 Å². The number of rotatable bonds is 4. The summed E-state index contributed by atoms with van der Waals surface area (Å²) < 4.78 is 5.05. The van der Waals surface area contributed by atoms with Crippen LogP contribution in [0.1, 0.15) is 24.8 Å². The fourth-order valence-electron chi connectivity index (χ4n) is 2.10. The van der Waals surface area contributed by atoms with Crippen LogP contribution >= 0.6 is 0 Å². The van der Waals surface area contributed by atoms with E-state index in [0.29, 0.717) is 12.1 Å². The quantitative estimate of drug-likeness (QED) is 0.678. The molecule has 2 rings (SSSR count). The molecule has 1 unspecified atom stereocenters. The molecule has 1 aliphatic rings. The van der Waals surface area contributed by atoms with Gasteiger partial charge in [-0.25, -0.2) is 0 Å². The SMILES string of the molecule is Cc1ccc(NC(=O)COC(=O)C2CC=CCC2)cc1. The third-order valence-corrected chi connectivity index (χ3v) is 3.28. The zero-order valence-corrected chi connectivity index (χ0v) is 11.6. The van der Waals surface area contributed by atoms with Crippen molar-refractivity contribution in [1.82, 2.24) is 0 Å². The van der Waals surface area contributed by atoms with E-state index >= 15 is 0 Å². The standard InChI is InChI=1S/C16H19NO3/c1-12-7-9-14(10-8-12)17-15(18)11-20-16(19)13-5-3-2-4-6-13/h2-3,7-10,13H,4-6,11H2,1H3,(H,17,18). The molecule has 0 saturated carbocycles. The van der Waals surface area contributed by atoms with E-state index in [0.717, 1.165) is 18.4 Å². The minimum atomic E-state index is -0.312. The average Bonchev–Trinajstić information content (AvgIpc) is 2.48. The van der Waals surface area contributed by atoms with E-state index in [4.69, 9.17) is 4.74 Å². The van der Waals surface area contributed by atoms with E-state index in [1.54, 1.807) is 0 Å². The Kier molecular flexibility index (Phi) is 4.93. The third-order valence-electron chi connectivity index (χ3n) is 3.28. The average molecular weight is 273 g/mol. The van der Waals surface area contributed by atoms with E-state index in [9.17, 15) is 9.59 Å². The number of esters is 1. The number of ether oxygens (including phenoxy) is 1. The molecule has 0 heterocycles. The summed E-state index contributed by atoms with van der Waals surface area (Å²) in [6.07, 6.45) is 6.46. The number of amides is 1. The van der Waals surface area contributed by atoms with Crippen molar-refractivity contribution in [2.45, 2.75) is 26.2 Å². The molecule has 1 aliphatic carbocycles. The van der Waals surface area contributed by atoms with Gasteiger partial charge in [0.05, 0.1) is 5.92 Å². The van der Waals surface area contributed by atoms with E-state index < -0.39 is 0 Å². The van der Waals surface area contributed by atoms with Gasteiger partial charge in [-0.15, -0.1) is 0 Å². The highest BCUT2D eigenvalue weighted by molar-refractivity contribution is 5.92. The first-order valence-electron chi connectivity index (χ1n) is 6.83. The predicted octanol–water partition coefficient (Wildman–Crippen LogP) is 2.83. The van der Waals surface area contributed by atoms with Crippen LogP contribution in [0, 0.1) is 12.8 Å². The zero-order chi connectivity index (χ0) is 14.4. The first-order chi connectivity index (χ1) is 9.65. The molecule has 1 aromatic rings. The summed E-state index contributed by atoms with van der Waals surface area (Å²) >= 11 is 0. The lowest BCUT2D eigenvalue weighted by Gasteiger charge is -2.16. The van der Waals surface area contributed by atoms with Crippen molar-refractivity contribution in [3.8, 4) is 0 Å². The second-order valence-corrected chi connectivity index (χ2v) is 5.00. The highest BCUT2D eigenvalue weighted by atomic mass is 16.5. The van der Waals surface area contributed by atoms with Crippen molar-refractivity contribution in [3.63, 3.8) is 0 Å². The van der Waals surface area contributed by atoms with Gasteiger partial charge in [0.25, 0.3) is 5.91 Å². The Bertz CT molecular complexity index is 505. The van der Waals surface area contributed by atoms with Gasteiger partial charge < -0.3 is 10.1 Å². The fraction of sp³-hybridized carbons (Fsp3) is 0.375. The minimum absolute atomic E-state index is 0.104. The molecule has 4 heteroatoms. The molecule has 0 bridgehead atoms. The lowest BCUT2D eigenvalue weighted by atomic mass is 9.95. The summed E-state index contributed by atoms with van der Waals surface area (Å²) in [6, 6.07) is 7.47.